The molecule has 1 N–H and O–H groups in total. The molecule has 1 saturated carbocycles. The molecule has 0 aromatic heterocycles. The number of carbonyl (C=O) groups is 1. The summed E-state index contributed by atoms with van der Waals surface area (Å²) in [5, 5.41) is 3.26. The molecule has 1 heterocycles. The summed E-state index contributed by atoms with van der Waals surface area (Å²) < 4.78 is 0. The zero-order valence-corrected chi connectivity index (χ0v) is 12.1. The van der Waals surface area contributed by atoms with E-state index >= 15 is 0 Å². The number of nitrogens with one attached hydrogen (secondary N) is 1. The van der Waals surface area contributed by atoms with Crippen LogP contribution in [-0.2, 0) is 11.3 Å². The van der Waals surface area contributed by atoms with Gasteiger partial charge in [0.25, 0.3) is 0 Å². The minimum Gasteiger partial charge on any atom is -0.352 e. The van der Waals surface area contributed by atoms with Crippen molar-refractivity contribution < 1.29 is 4.79 Å². The third-order valence-electron chi connectivity index (χ3n) is 4.59. The van der Waals surface area contributed by atoms with Gasteiger partial charge in [0.15, 0.2) is 0 Å². The smallest absolute Gasteiger partial charge is 0.223 e. The fourth-order valence-electron chi connectivity index (χ4n) is 3.44. The monoisotopic (exact) mass is 272 g/mol. The molecule has 1 aromatic rings. The summed E-state index contributed by atoms with van der Waals surface area (Å²) in [5.41, 5.74) is 1.36. The molecule has 1 aliphatic heterocycles. The number of nitrogens with zero attached hydrogens (tertiary/aromatic N) is 1. The molecule has 1 atom stereocenters. The van der Waals surface area contributed by atoms with Crippen LogP contribution in [-0.4, -0.2) is 29.9 Å². The van der Waals surface area contributed by atoms with Crippen LogP contribution in [0, 0.1) is 5.92 Å². The maximum absolute atomic E-state index is 12.1. The maximum Gasteiger partial charge on any atom is 0.223 e. The van der Waals surface area contributed by atoms with Crippen LogP contribution in [0.5, 0.6) is 0 Å². The van der Waals surface area contributed by atoms with Gasteiger partial charge in [0.05, 0.1) is 0 Å². The molecule has 3 rings (SSSR count). The van der Waals surface area contributed by atoms with Gasteiger partial charge in [0.1, 0.15) is 0 Å². The Hall–Kier alpha value is -1.35. The van der Waals surface area contributed by atoms with Crippen molar-refractivity contribution in [2.24, 2.45) is 5.92 Å². The summed E-state index contributed by atoms with van der Waals surface area (Å²) in [6, 6.07) is 10.9. The fourth-order valence-corrected chi connectivity index (χ4v) is 3.44. The van der Waals surface area contributed by atoms with E-state index in [1.165, 1.54) is 18.4 Å². The van der Waals surface area contributed by atoms with E-state index in [1.807, 2.05) is 0 Å². The number of rotatable bonds is 4. The number of amides is 1. The minimum atomic E-state index is 0.290. The minimum absolute atomic E-state index is 0.290. The highest BCUT2D eigenvalue weighted by Crippen LogP contribution is 2.25. The van der Waals surface area contributed by atoms with Gasteiger partial charge >= 0.3 is 0 Å². The molecule has 20 heavy (non-hydrogen) atoms. The first-order valence-electron chi connectivity index (χ1n) is 7.88. The molecule has 3 nitrogen and oxygen atoms in total. The van der Waals surface area contributed by atoms with Crippen molar-refractivity contribution in [2.75, 3.05) is 13.1 Å². The second kappa shape index (κ2) is 6.40. The topological polar surface area (TPSA) is 32.3 Å². The highest BCUT2D eigenvalue weighted by atomic mass is 16.2. The van der Waals surface area contributed by atoms with Crippen molar-refractivity contribution in [1.29, 1.82) is 0 Å². The van der Waals surface area contributed by atoms with Crippen LogP contribution in [0.2, 0.25) is 0 Å². The van der Waals surface area contributed by atoms with Gasteiger partial charge in [-0.05, 0) is 24.8 Å². The third-order valence-corrected chi connectivity index (χ3v) is 4.59. The van der Waals surface area contributed by atoms with Crippen molar-refractivity contribution in [3.63, 3.8) is 0 Å². The van der Waals surface area contributed by atoms with Gasteiger partial charge in [-0.2, -0.15) is 0 Å². The van der Waals surface area contributed by atoms with E-state index < -0.39 is 0 Å². The number of benzene rings is 1. The zero-order chi connectivity index (χ0) is 13.8. The summed E-state index contributed by atoms with van der Waals surface area (Å²) in [7, 11) is 0. The first-order chi connectivity index (χ1) is 9.81. The Morgan fingerprint density at radius 2 is 1.90 bits per heavy atom. The zero-order valence-electron chi connectivity index (χ0n) is 12.1. The van der Waals surface area contributed by atoms with Gasteiger partial charge in [-0.15, -0.1) is 0 Å². The van der Waals surface area contributed by atoms with E-state index in [2.05, 4.69) is 40.5 Å². The number of hydrogen-bond acceptors (Lipinski definition) is 2. The normalized spacial score (nSPS) is 24.1. The first-order valence-corrected chi connectivity index (χ1v) is 7.88. The molecule has 1 amide bonds. The molecule has 1 saturated heterocycles. The quantitative estimate of drug-likeness (QED) is 0.913. The summed E-state index contributed by atoms with van der Waals surface area (Å²) >= 11 is 0. The lowest BCUT2D eigenvalue weighted by Crippen LogP contribution is -2.39. The molecule has 0 bridgehead atoms. The van der Waals surface area contributed by atoms with Gasteiger partial charge in [-0.25, -0.2) is 0 Å². The van der Waals surface area contributed by atoms with Gasteiger partial charge < -0.3 is 5.32 Å². The van der Waals surface area contributed by atoms with E-state index in [1.54, 1.807) is 0 Å². The van der Waals surface area contributed by atoms with Crippen LogP contribution < -0.4 is 5.32 Å². The molecule has 1 aliphatic carbocycles. The molecule has 2 aliphatic rings. The van der Waals surface area contributed by atoms with Crippen molar-refractivity contribution in [3.8, 4) is 0 Å². The van der Waals surface area contributed by atoms with E-state index in [0.717, 1.165) is 38.9 Å². The predicted octanol–water partition coefficient (Wildman–Crippen LogP) is 2.57. The molecule has 108 valence electrons. The van der Waals surface area contributed by atoms with Crippen LogP contribution in [0.15, 0.2) is 30.3 Å². The van der Waals surface area contributed by atoms with Crippen molar-refractivity contribution >= 4 is 5.91 Å². The Kier molecular flexibility index (Phi) is 4.36. The van der Waals surface area contributed by atoms with Crippen LogP contribution in [0.3, 0.4) is 0 Å². The molecule has 0 spiro atoms. The summed E-state index contributed by atoms with van der Waals surface area (Å²) in [6.45, 7) is 3.08. The van der Waals surface area contributed by atoms with Gasteiger partial charge in [0, 0.05) is 31.6 Å². The SMILES string of the molecule is O=C(NC1CCN(Cc2ccccc2)C1)C1CCCC1. The van der Waals surface area contributed by atoms with E-state index in [4.69, 9.17) is 0 Å². The van der Waals surface area contributed by atoms with Crippen LogP contribution >= 0.6 is 0 Å². The van der Waals surface area contributed by atoms with Gasteiger partial charge in [0.2, 0.25) is 5.91 Å². The summed E-state index contributed by atoms with van der Waals surface area (Å²) in [6.07, 6.45) is 5.72. The fraction of sp³-hybridized carbons (Fsp3) is 0.588. The average Bonchev–Trinajstić information content (AvgIpc) is 3.11. The molecular formula is C17H24N2O. The Bertz CT molecular complexity index is 440. The summed E-state index contributed by atoms with van der Waals surface area (Å²) in [4.78, 5) is 14.6. The third kappa shape index (κ3) is 3.40. The van der Waals surface area contributed by atoms with E-state index in [9.17, 15) is 4.79 Å². The molecule has 1 unspecified atom stereocenters. The molecule has 1 aromatic carbocycles. The van der Waals surface area contributed by atoms with Crippen molar-refractivity contribution in [2.45, 2.75) is 44.7 Å². The average molecular weight is 272 g/mol. The molecule has 2 fully saturated rings. The lowest BCUT2D eigenvalue weighted by Gasteiger charge is -2.18. The lowest BCUT2D eigenvalue weighted by molar-refractivity contribution is -0.125. The molecule has 3 heteroatoms. The van der Waals surface area contributed by atoms with Crippen LogP contribution in [0.4, 0.5) is 0 Å². The lowest BCUT2D eigenvalue weighted by atomic mass is 10.1. The Morgan fingerprint density at radius 1 is 1.15 bits per heavy atom. The van der Waals surface area contributed by atoms with E-state index in [-0.39, 0.29) is 5.92 Å². The number of carbonyl (C=O) groups excluding carboxylic acids is 1. The highest BCUT2D eigenvalue weighted by Gasteiger charge is 2.28. The Balaban J connectivity index is 1.46. The molecular weight excluding hydrogens is 248 g/mol. The maximum atomic E-state index is 12.1. The molecule has 0 radical (unpaired) electrons. The van der Waals surface area contributed by atoms with Crippen LogP contribution in [0.25, 0.3) is 0 Å². The Labute approximate surface area is 121 Å². The largest absolute Gasteiger partial charge is 0.352 e. The highest BCUT2D eigenvalue weighted by molar-refractivity contribution is 5.79. The van der Waals surface area contributed by atoms with Crippen molar-refractivity contribution in [3.05, 3.63) is 35.9 Å². The van der Waals surface area contributed by atoms with Gasteiger partial charge in [-0.3, -0.25) is 9.69 Å². The predicted molar refractivity (Wildman–Crippen MR) is 80.2 cm³/mol. The van der Waals surface area contributed by atoms with E-state index in [0.29, 0.717) is 11.9 Å². The summed E-state index contributed by atoms with van der Waals surface area (Å²) in [5.74, 6) is 0.590. The second-order valence-electron chi connectivity index (χ2n) is 6.20. The number of likely N-dealkylation sites (tertiary alicyclic amines) is 1. The second-order valence-corrected chi connectivity index (χ2v) is 6.20. The van der Waals surface area contributed by atoms with Crippen LogP contribution in [0.1, 0.15) is 37.7 Å². The standard InChI is InChI=1S/C17H24N2O/c20-17(15-8-4-5-9-15)18-16-10-11-19(13-16)12-14-6-2-1-3-7-14/h1-3,6-7,15-16H,4-5,8-13H2,(H,18,20). The van der Waals surface area contributed by atoms with Crippen molar-refractivity contribution in [1.82, 2.24) is 10.2 Å². The Morgan fingerprint density at radius 3 is 2.65 bits per heavy atom. The number of hydrogen-bond donors (Lipinski definition) is 1. The van der Waals surface area contributed by atoms with Gasteiger partial charge in [-0.1, -0.05) is 43.2 Å². The first kappa shape index (κ1) is 13.6.